The molecule has 5 nitrogen and oxygen atoms in total. The van der Waals surface area contributed by atoms with Gasteiger partial charge in [0.05, 0.1) is 0 Å². The molecule has 0 aromatic rings. The molecule has 1 saturated heterocycles. The lowest BCUT2D eigenvalue weighted by Gasteiger charge is -2.25. The number of terminal acetylenes is 1. The van der Waals surface area contributed by atoms with E-state index in [4.69, 9.17) is 11.5 Å². The molecule has 2 atom stereocenters. The monoisotopic (exact) mass is 256 g/mol. The minimum absolute atomic E-state index is 0.00562. The molecule has 1 heterocycles. The Morgan fingerprint density at radius 1 is 1.71 bits per heavy atom. The summed E-state index contributed by atoms with van der Waals surface area (Å²) in [4.78, 5) is 24.2. The van der Waals surface area contributed by atoms with Gasteiger partial charge < -0.3 is 15.3 Å². The van der Waals surface area contributed by atoms with E-state index >= 15 is 0 Å². The normalized spacial score (nSPS) is 20.4. The van der Waals surface area contributed by atoms with Crippen LogP contribution in [0.15, 0.2) is 0 Å². The number of nitrogens with one attached hydrogen (secondary N) is 1. The molecule has 1 aliphatic heterocycles. The second-order valence-corrected chi connectivity index (χ2v) is 5.03. The van der Waals surface area contributed by atoms with Gasteiger partial charge in [0.15, 0.2) is 0 Å². The van der Waals surface area contributed by atoms with Gasteiger partial charge in [-0.05, 0) is 12.2 Å². The summed E-state index contributed by atoms with van der Waals surface area (Å²) < 4.78 is 0. The van der Waals surface area contributed by atoms with E-state index in [-0.39, 0.29) is 18.5 Å². The fourth-order valence-corrected chi connectivity index (χ4v) is 2.83. The lowest BCUT2D eigenvalue weighted by atomic mass is 10.2. The summed E-state index contributed by atoms with van der Waals surface area (Å²) in [7, 11) is 1.68. The van der Waals surface area contributed by atoms with Crippen molar-refractivity contribution in [3.05, 3.63) is 0 Å². The molecule has 1 aliphatic rings. The molecule has 0 bridgehead atoms. The summed E-state index contributed by atoms with van der Waals surface area (Å²) in [6.07, 6.45) is 6.00. The Morgan fingerprint density at radius 3 is 2.88 bits per heavy atom. The van der Waals surface area contributed by atoms with Crippen molar-refractivity contribution in [1.29, 1.82) is 0 Å². The number of rotatable bonds is 4. The Kier molecular flexibility index (Phi) is 5.16. The zero-order valence-corrected chi connectivity index (χ0v) is 10.5. The van der Waals surface area contributed by atoms with Crippen LogP contribution in [0.25, 0.3) is 0 Å². The highest BCUT2D eigenvalue weighted by atomic mass is 32.2. The van der Waals surface area contributed by atoms with Crippen molar-refractivity contribution in [3.63, 3.8) is 0 Å². The van der Waals surface area contributed by atoms with Gasteiger partial charge in [0, 0.05) is 25.3 Å². The number of amides is 2. The third kappa shape index (κ3) is 3.86. The predicted octanol–water partition coefficient (Wildman–Crippen LogP) is 0.610. The third-order valence-corrected chi connectivity index (χ3v) is 3.84. The molecule has 1 rings (SSSR count). The SMILES string of the molecule is C#CCC(NC(=O)N(C)C1CCSC1)C(=O)O. The number of nitrogens with zero attached hydrogens (tertiary/aromatic N) is 1. The number of thioether (sulfide) groups is 1. The average molecular weight is 256 g/mol. The maximum Gasteiger partial charge on any atom is 0.327 e. The van der Waals surface area contributed by atoms with Crippen molar-refractivity contribution in [1.82, 2.24) is 10.2 Å². The minimum atomic E-state index is -1.11. The van der Waals surface area contributed by atoms with E-state index in [1.807, 2.05) is 0 Å². The van der Waals surface area contributed by atoms with Crippen LogP contribution in [0.1, 0.15) is 12.8 Å². The molecule has 0 aliphatic carbocycles. The van der Waals surface area contributed by atoms with Gasteiger partial charge in [0.25, 0.3) is 0 Å². The summed E-state index contributed by atoms with van der Waals surface area (Å²) in [6.45, 7) is 0. The van der Waals surface area contributed by atoms with Crippen molar-refractivity contribution >= 4 is 23.8 Å². The van der Waals surface area contributed by atoms with E-state index in [0.717, 1.165) is 17.9 Å². The van der Waals surface area contributed by atoms with Gasteiger partial charge in [-0.1, -0.05) is 0 Å². The van der Waals surface area contributed by atoms with Crippen molar-refractivity contribution in [3.8, 4) is 12.3 Å². The highest BCUT2D eigenvalue weighted by molar-refractivity contribution is 7.99. The molecule has 94 valence electrons. The Labute approximate surface area is 105 Å². The fraction of sp³-hybridized carbons (Fsp3) is 0.636. The number of hydrogen-bond donors (Lipinski definition) is 2. The van der Waals surface area contributed by atoms with Gasteiger partial charge >= 0.3 is 12.0 Å². The predicted molar refractivity (Wildman–Crippen MR) is 66.9 cm³/mol. The summed E-state index contributed by atoms with van der Waals surface area (Å²) in [5.41, 5.74) is 0. The Balaban J connectivity index is 2.51. The van der Waals surface area contributed by atoms with E-state index < -0.39 is 12.0 Å². The first-order valence-corrected chi connectivity index (χ1v) is 6.49. The van der Waals surface area contributed by atoms with Crippen LogP contribution >= 0.6 is 11.8 Å². The van der Waals surface area contributed by atoms with Gasteiger partial charge in [-0.3, -0.25) is 0 Å². The van der Waals surface area contributed by atoms with Gasteiger partial charge in [0.1, 0.15) is 6.04 Å². The number of hydrogen-bond acceptors (Lipinski definition) is 3. The average Bonchev–Trinajstić information content (AvgIpc) is 2.80. The maximum absolute atomic E-state index is 11.8. The standard InChI is InChI=1S/C11H16N2O3S/c1-3-4-9(10(14)15)12-11(16)13(2)8-5-6-17-7-8/h1,8-9H,4-7H2,2H3,(H,12,16)(H,14,15). The first-order chi connectivity index (χ1) is 8.06. The molecule has 1 fully saturated rings. The van der Waals surface area contributed by atoms with Crippen LogP contribution < -0.4 is 5.32 Å². The van der Waals surface area contributed by atoms with E-state index in [0.29, 0.717) is 0 Å². The highest BCUT2D eigenvalue weighted by Gasteiger charge is 2.26. The van der Waals surface area contributed by atoms with Crippen LogP contribution in [0, 0.1) is 12.3 Å². The number of urea groups is 1. The first kappa shape index (κ1) is 13.7. The summed E-state index contributed by atoms with van der Waals surface area (Å²) in [6, 6.07) is -1.20. The van der Waals surface area contributed by atoms with E-state index in [9.17, 15) is 9.59 Å². The largest absolute Gasteiger partial charge is 0.480 e. The smallest absolute Gasteiger partial charge is 0.327 e. The van der Waals surface area contributed by atoms with Gasteiger partial charge in [-0.15, -0.1) is 12.3 Å². The lowest BCUT2D eigenvalue weighted by molar-refractivity contribution is -0.139. The van der Waals surface area contributed by atoms with Gasteiger partial charge in [-0.2, -0.15) is 11.8 Å². The number of aliphatic carboxylic acids is 1. The Morgan fingerprint density at radius 2 is 2.41 bits per heavy atom. The van der Waals surface area contributed by atoms with E-state index in [1.165, 1.54) is 0 Å². The topological polar surface area (TPSA) is 69.6 Å². The molecule has 0 saturated carbocycles. The molecule has 0 aromatic carbocycles. The molecule has 2 N–H and O–H groups in total. The molecular weight excluding hydrogens is 240 g/mol. The summed E-state index contributed by atoms with van der Waals surface area (Å²) in [5.74, 6) is 3.08. The molecule has 0 aromatic heterocycles. The second-order valence-electron chi connectivity index (χ2n) is 3.88. The van der Waals surface area contributed by atoms with Crippen molar-refractivity contribution in [2.24, 2.45) is 0 Å². The van der Waals surface area contributed by atoms with E-state index in [1.54, 1.807) is 23.7 Å². The second kappa shape index (κ2) is 6.40. The van der Waals surface area contributed by atoms with Gasteiger partial charge in [0.2, 0.25) is 0 Å². The molecule has 0 spiro atoms. The Bertz CT molecular complexity index is 334. The molecule has 17 heavy (non-hydrogen) atoms. The van der Waals surface area contributed by atoms with Crippen LogP contribution in [0.2, 0.25) is 0 Å². The molecule has 6 heteroatoms. The molecular formula is C11H16N2O3S. The van der Waals surface area contributed by atoms with Crippen LogP contribution in [0.4, 0.5) is 4.79 Å². The van der Waals surface area contributed by atoms with Crippen LogP contribution in [0.3, 0.4) is 0 Å². The first-order valence-electron chi connectivity index (χ1n) is 5.33. The van der Waals surface area contributed by atoms with Crippen LogP contribution in [0.5, 0.6) is 0 Å². The lowest BCUT2D eigenvalue weighted by Crippen LogP contribution is -2.49. The minimum Gasteiger partial charge on any atom is -0.480 e. The number of carboxylic acids is 1. The van der Waals surface area contributed by atoms with Crippen molar-refractivity contribution in [2.75, 3.05) is 18.6 Å². The zero-order chi connectivity index (χ0) is 12.8. The van der Waals surface area contributed by atoms with Crippen molar-refractivity contribution < 1.29 is 14.7 Å². The van der Waals surface area contributed by atoms with E-state index in [2.05, 4.69) is 11.2 Å². The molecule has 2 amide bonds. The van der Waals surface area contributed by atoms with Crippen LogP contribution in [-0.2, 0) is 4.79 Å². The maximum atomic E-state index is 11.8. The Hall–Kier alpha value is -1.35. The quantitative estimate of drug-likeness (QED) is 0.723. The van der Waals surface area contributed by atoms with Gasteiger partial charge in [-0.25, -0.2) is 9.59 Å². The highest BCUT2D eigenvalue weighted by Crippen LogP contribution is 2.21. The van der Waals surface area contributed by atoms with Crippen molar-refractivity contribution in [2.45, 2.75) is 24.9 Å². The molecule has 2 unspecified atom stereocenters. The zero-order valence-electron chi connectivity index (χ0n) is 9.68. The third-order valence-electron chi connectivity index (χ3n) is 2.69. The number of carboxylic acid groups (broad SMARTS) is 1. The summed E-state index contributed by atoms with van der Waals surface area (Å²) in [5, 5.41) is 11.3. The summed E-state index contributed by atoms with van der Waals surface area (Å²) >= 11 is 1.79. The molecule has 0 radical (unpaired) electrons. The number of carbonyl (C=O) groups excluding carboxylic acids is 1. The number of carbonyl (C=O) groups is 2. The van der Waals surface area contributed by atoms with Crippen LogP contribution in [-0.4, -0.2) is 52.6 Å². The fourth-order valence-electron chi connectivity index (χ4n) is 1.56.